The lowest BCUT2D eigenvalue weighted by atomic mass is 9.97. The number of piperidine rings is 1. The van der Waals surface area contributed by atoms with Crippen molar-refractivity contribution in [2.75, 3.05) is 39.3 Å². The fourth-order valence-electron chi connectivity index (χ4n) is 4.30. The summed E-state index contributed by atoms with van der Waals surface area (Å²) in [6.45, 7) is 11.8. The van der Waals surface area contributed by atoms with Crippen LogP contribution < -0.4 is 4.74 Å². The first-order chi connectivity index (χ1) is 15.3. The Morgan fingerprint density at radius 2 is 1.53 bits per heavy atom. The van der Waals surface area contributed by atoms with E-state index >= 15 is 0 Å². The normalized spacial score (nSPS) is 15.5. The number of carbonyl (C=O) groups is 1. The number of alkyl halides is 1. The Kier molecular flexibility index (Phi) is 8.30. The Bertz CT molecular complexity index is 847. The predicted molar refractivity (Wildman–Crippen MR) is 129 cm³/mol. The highest BCUT2D eigenvalue weighted by molar-refractivity contribution is 5.94. The molecular formula is C27H37FN2O2. The second-order valence-electron chi connectivity index (χ2n) is 9.33. The maximum atomic E-state index is 13.8. The van der Waals surface area contributed by atoms with Crippen molar-refractivity contribution >= 4 is 5.91 Å². The summed E-state index contributed by atoms with van der Waals surface area (Å²) in [6, 6.07) is 15.9. The van der Waals surface area contributed by atoms with Crippen molar-refractivity contribution in [3.05, 3.63) is 54.1 Å². The molecule has 3 rings (SSSR count). The van der Waals surface area contributed by atoms with Crippen molar-refractivity contribution < 1.29 is 13.9 Å². The first-order valence-electron chi connectivity index (χ1n) is 11.8. The van der Waals surface area contributed by atoms with Crippen LogP contribution in [0, 0.1) is 5.92 Å². The lowest BCUT2D eigenvalue weighted by Crippen LogP contribution is -2.41. The minimum Gasteiger partial charge on any atom is -0.493 e. The summed E-state index contributed by atoms with van der Waals surface area (Å²) >= 11 is 0. The van der Waals surface area contributed by atoms with Gasteiger partial charge in [0, 0.05) is 25.2 Å². The van der Waals surface area contributed by atoms with Crippen molar-refractivity contribution in [2.45, 2.75) is 46.2 Å². The average Bonchev–Trinajstić information content (AvgIpc) is 2.79. The molecule has 2 aromatic rings. The summed E-state index contributed by atoms with van der Waals surface area (Å²) in [5.41, 5.74) is 1.77. The van der Waals surface area contributed by atoms with E-state index in [-0.39, 0.29) is 5.91 Å². The van der Waals surface area contributed by atoms with Crippen LogP contribution in [-0.4, -0.2) is 60.7 Å². The second-order valence-corrected chi connectivity index (χ2v) is 9.33. The highest BCUT2D eigenvalue weighted by Crippen LogP contribution is 2.25. The molecule has 0 N–H and O–H groups in total. The molecule has 1 saturated heterocycles. The smallest absolute Gasteiger partial charge is 0.253 e. The van der Waals surface area contributed by atoms with Gasteiger partial charge in [-0.15, -0.1) is 0 Å². The summed E-state index contributed by atoms with van der Waals surface area (Å²) in [5, 5.41) is 0. The second kappa shape index (κ2) is 11.0. The summed E-state index contributed by atoms with van der Waals surface area (Å²) in [4.78, 5) is 16.5. The molecule has 174 valence electrons. The molecule has 1 heterocycles. The zero-order valence-corrected chi connectivity index (χ0v) is 19.9. The maximum absolute atomic E-state index is 13.8. The van der Waals surface area contributed by atoms with Gasteiger partial charge in [0.1, 0.15) is 11.4 Å². The number of carbonyl (C=O) groups excluding carboxylic acids is 1. The van der Waals surface area contributed by atoms with Gasteiger partial charge in [-0.1, -0.05) is 24.3 Å². The van der Waals surface area contributed by atoms with E-state index in [4.69, 9.17) is 4.74 Å². The van der Waals surface area contributed by atoms with Gasteiger partial charge in [0.05, 0.1) is 6.61 Å². The third-order valence-electron chi connectivity index (χ3n) is 6.16. The van der Waals surface area contributed by atoms with E-state index in [0.717, 1.165) is 48.4 Å². The molecule has 0 radical (unpaired) electrons. The number of benzene rings is 2. The van der Waals surface area contributed by atoms with Crippen molar-refractivity contribution in [1.82, 2.24) is 9.80 Å². The third kappa shape index (κ3) is 6.80. The molecule has 32 heavy (non-hydrogen) atoms. The Morgan fingerprint density at radius 3 is 2.03 bits per heavy atom. The SMILES string of the molecule is CCN(CC)C(=O)c1ccc(-c2ccc(OCC3CCN(CC(C)(C)F)CC3)cc2)cc1. The summed E-state index contributed by atoms with van der Waals surface area (Å²) in [5.74, 6) is 1.46. The van der Waals surface area contributed by atoms with Crippen LogP contribution in [0.3, 0.4) is 0 Å². The van der Waals surface area contributed by atoms with Gasteiger partial charge in [-0.05, 0) is 94.9 Å². The Hall–Kier alpha value is -2.40. The Morgan fingerprint density at radius 1 is 1.00 bits per heavy atom. The van der Waals surface area contributed by atoms with Crippen LogP contribution in [0.1, 0.15) is 50.9 Å². The van der Waals surface area contributed by atoms with Crippen LogP contribution in [0.15, 0.2) is 48.5 Å². The predicted octanol–water partition coefficient (Wildman–Crippen LogP) is 5.67. The molecule has 0 atom stereocenters. The Balaban J connectivity index is 1.50. The highest BCUT2D eigenvalue weighted by atomic mass is 19.1. The van der Waals surface area contributed by atoms with E-state index in [2.05, 4.69) is 17.0 Å². The van der Waals surface area contributed by atoms with Gasteiger partial charge < -0.3 is 14.5 Å². The molecule has 1 fully saturated rings. The molecule has 2 aromatic carbocycles. The summed E-state index contributed by atoms with van der Waals surface area (Å²) in [7, 11) is 0. The molecule has 5 heteroatoms. The molecular weight excluding hydrogens is 403 g/mol. The van der Waals surface area contributed by atoms with E-state index < -0.39 is 5.67 Å². The van der Waals surface area contributed by atoms with Crippen molar-refractivity contribution in [1.29, 1.82) is 0 Å². The van der Waals surface area contributed by atoms with Crippen LogP contribution in [0.5, 0.6) is 5.75 Å². The quantitative estimate of drug-likeness (QED) is 0.503. The zero-order valence-electron chi connectivity index (χ0n) is 19.9. The lowest BCUT2D eigenvalue weighted by Gasteiger charge is -2.34. The van der Waals surface area contributed by atoms with E-state index in [1.54, 1.807) is 13.8 Å². The fourth-order valence-corrected chi connectivity index (χ4v) is 4.30. The van der Waals surface area contributed by atoms with Gasteiger partial charge in [-0.2, -0.15) is 0 Å². The number of rotatable bonds is 9. The molecule has 1 amide bonds. The standard InChI is InChI=1S/C27H37FN2O2/c1-5-30(6-2)26(31)24-9-7-22(8-10-24)23-11-13-25(14-12-23)32-19-21-15-17-29(18-16-21)20-27(3,4)28/h7-14,21H,5-6,15-20H2,1-4H3. The highest BCUT2D eigenvalue weighted by Gasteiger charge is 2.25. The van der Waals surface area contributed by atoms with Gasteiger partial charge in [0.15, 0.2) is 0 Å². The van der Waals surface area contributed by atoms with Gasteiger partial charge in [0.25, 0.3) is 5.91 Å². The molecule has 1 aliphatic rings. The van der Waals surface area contributed by atoms with Crippen LogP contribution in [0.4, 0.5) is 4.39 Å². The van der Waals surface area contributed by atoms with Crippen LogP contribution in [0.25, 0.3) is 11.1 Å². The van der Waals surface area contributed by atoms with Crippen LogP contribution >= 0.6 is 0 Å². The number of hydrogen-bond acceptors (Lipinski definition) is 3. The fraction of sp³-hybridized carbons (Fsp3) is 0.519. The third-order valence-corrected chi connectivity index (χ3v) is 6.16. The number of ether oxygens (including phenoxy) is 1. The van der Waals surface area contributed by atoms with Gasteiger partial charge in [0.2, 0.25) is 0 Å². The average molecular weight is 441 g/mol. The molecule has 0 saturated carbocycles. The number of likely N-dealkylation sites (tertiary alicyclic amines) is 1. The Labute approximate surface area is 192 Å². The first-order valence-corrected chi connectivity index (χ1v) is 11.8. The van der Waals surface area contributed by atoms with Gasteiger partial charge in [-0.3, -0.25) is 4.79 Å². The van der Waals surface area contributed by atoms with Crippen LogP contribution in [0.2, 0.25) is 0 Å². The molecule has 0 bridgehead atoms. The van der Waals surface area contributed by atoms with E-state index in [1.807, 2.05) is 55.1 Å². The van der Waals surface area contributed by atoms with E-state index in [1.165, 1.54) is 0 Å². The summed E-state index contributed by atoms with van der Waals surface area (Å²) in [6.07, 6.45) is 2.10. The van der Waals surface area contributed by atoms with Crippen molar-refractivity contribution in [3.8, 4) is 16.9 Å². The number of hydrogen-bond donors (Lipinski definition) is 0. The van der Waals surface area contributed by atoms with Gasteiger partial charge >= 0.3 is 0 Å². The molecule has 1 aliphatic heterocycles. The van der Waals surface area contributed by atoms with E-state index in [0.29, 0.717) is 32.2 Å². The van der Waals surface area contributed by atoms with E-state index in [9.17, 15) is 9.18 Å². The monoisotopic (exact) mass is 440 g/mol. The van der Waals surface area contributed by atoms with Gasteiger partial charge in [-0.25, -0.2) is 4.39 Å². The molecule has 4 nitrogen and oxygen atoms in total. The molecule has 0 aliphatic carbocycles. The number of halogens is 1. The number of amides is 1. The largest absolute Gasteiger partial charge is 0.493 e. The minimum absolute atomic E-state index is 0.0736. The lowest BCUT2D eigenvalue weighted by molar-refractivity contribution is 0.0772. The molecule has 0 unspecified atom stereocenters. The molecule has 0 spiro atoms. The van der Waals surface area contributed by atoms with Crippen LogP contribution in [-0.2, 0) is 0 Å². The topological polar surface area (TPSA) is 32.8 Å². The summed E-state index contributed by atoms with van der Waals surface area (Å²) < 4.78 is 19.9. The first kappa shape index (κ1) is 24.2. The number of nitrogens with zero attached hydrogens (tertiary/aromatic N) is 2. The van der Waals surface area contributed by atoms with Crippen molar-refractivity contribution in [3.63, 3.8) is 0 Å². The zero-order chi connectivity index (χ0) is 23.1. The van der Waals surface area contributed by atoms with Crippen molar-refractivity contribution in [2.24, 2.45) is 5.92 Å². The molecule has 0 aromatic heterocycles. The maximum Gasteiger partial charge on any atom is 0.253 e. The minimum atomic E-state index is -1.13.